The number of Topliss-reactive ketones (excluding diaryl/α,β-unsaturated/α-hetero) is 2. The molecule has 30 heavy (non-hydrogen) atoms. The van der Waals surface area contributed by atoms with E-state index < -0.39 is 5.60 Å². The highest BCUT2D eigenvalue weighted by atomic mass is 16.3. The first-order valence-corrected chi connectivity index (χ1v) is 12.3. The predicted molar refractivity (Wildman–Crippen MR) is 119 cm³/mol. The molecular weight excluding hydrogens is 372 g/mol. The van der Waals surface area contributed by atoms with Crippen molar-refractivity contribution in [2.24, 2.45) is 40.4 Å². The van der Waals surface area contributed by atoms with E-state index in [1.807, 2.05) is 6.92 Å². The Bertz CT molecular complexity index is 775. The summed E-state index contributed by atoms with van der Waals surface area (Å²) in [6.07, 6.45) is 10.8. The highest BCUT2D eigenvalue weighted by Crippen LogP contribution is 2.68. The Kier molecular flexibility index (Phi) is 5.72. The molecule has 4 fully saturated rings. The number of fused-ring (bicyclic) bond motifs is 5. The maximum atomic E-state index is 12.3. The van der Waals surface area contributed by atoms with Gasteiger partial charge >= 0.3 is 0 Å². The van der Waals surface area contributed by atoms with Crippen LogP contribution in [0, 0.1) is 52.3 Å². The molecule has 0 saturated heterocycles. The molecule has 0 radical (unpaired) electrons. The van der Waals surface area contributed by atoms with Gasteiger partial charge in [-0.15, -0.1) is 0 Å². The maximum Gasteiger partial charge on any atom is 0.133 e. The summed E-state index contributed by atoms with van der Waals surface area (Å²) in [4.78, 5) is 23.5. The molecule has 0 aromatic heterocycles. The summed E-state index contributed by atoms with van der Waals surface area (Å²) in [5.74, 6) is 9.81. The monoisotopic (exact) mass is 412 g/mol. The number of hydrogen-bond acceptors (Lipinski definition) is 3. The standard InChI is InChI=1S/C27H40O3/c1-18(28)7-5-6-13-27(30)16-15-25(3)20(17-27)8-9-21-23-11-10-22(19(2)29)26(23,4)14-12-24(21)25/h20-24,30H,5,7-12,14-17H2,1-4H3/t20-,21+,22-,23+,24+,25+,26-,27-/m1/s1. The predicted octanol–water partition coefficient (Wildman–Crippen LogP) is 5.34. The van der Waals surface area contributed by atoms with Crippen LogP contribution in [0.2, 0.25) is 0 Å². The van der Waals surface area contributed by atoms with Crippen LogP contribution in [0.4, 0.5) is 0 Å². The fraction of sp³-hybridized carbons (Fsp3) is 0.852. The van der Waals surface area contributed by atoms with Crippen molar-refractivity contribution in [2.45, 2.75) is 104 Å². The van der Waals surface area contributed by atoms with Crippen molar-refractivity contribution in [3.8, 4) is 11.8 Å². The van der Waals surface area contributed by atoms with Gasteiger partial charge in [0, 0.05) is 18.8 Å². The van der Waals surface area contributed by atoms with Gasteiger partial charge in [-0.1, -0.05) is 25.7 Å². The molecule has 166 valence electrons. The van der Waals surface area contributed by atoms with Crippen molar-refractivity contribution in [2.75, 3.05) is 0 Å². The van der Waals surface area contributed by atoms with Crippen LogP contribution in [0.5, 0.6) is 0 Å². The highest BCUT2D eigenvalue weighted by Gasteiger charge is 2.61. The third kappa shape index (κ3) is 3.58. The zero-order valence-electron chi connectivity index (χ0n) is 19.4. The van der Waals surface area contributed by atoms with E-state index in [0.717, 1.165) is 37.5 Å². The number of carbonyl (C=O) groups is 2. The van der Waals surface area contributed by atoms with Gasteiger partial charge in [-0.25, -0.2) is 0 Å². The fourth-order valence-corrected chi connectivity index (χ4v) is 8.49. The average molecular weight is 413 g/mol. The molecule has 0 amide bonds. The summed E-state index contributed by atoms with van der Waals surface area (Å²) < 4.78 is 0. The van der Waals surface area contributed by atoms with Crippen LogP contribution in [0.1, 0.15) is 98.3 Å². The van der Waals surface area contributed by atoms with Crippen molar-refractivity contribution in [3.05, 3.63) is 0 Å². The molecule has 4 rings (SSSR count). The normalized spacial score (nSPS) is 47.3. The van der Waals surface area contributed by atoms with Gasteiger partial charge in [0.15, 0.2) is 0 Å². The van der Waals surface area contributed by atoms with Crippen LogP contribution < -0.4 is 0 Å². The quantitative estimate of drug-likeness (QED) is 0.637. The van der Waals surface area contributed by atoms with E-state index in [4.69, 9.17) is 0 Å². The largest absolute Gasteiger partial charge is 0.378 e. The van der Waals surface area contributed by atoms with E-state index in [9.17, 15) is 14.7 Å². The summed E-state index contributed by atoms with van der Waals surface area (Å²) in [5.41, 5.74) is -0.357. The lowest BCUT2D eigenvalue weighted by Gasteiger charge is -2.61. The van der Waals surface area contributed by atoms with E-state index >= 15 is 0 Å². The third-order valence-corrected chi connectivity index (χ3v) is 10.1. The molecule has 4 aliphatic rings. The van der Waals surface area contributed by atoms with E-state index in [1.165, 1.54) is 32.1 Å². The first kappa shape index (κ1) is 22.1. The molecule has 3 nitrogen and oxygen atoms in total. The lowest BCUT2D eigenvalue weighted by Crippen LogP contribution is -2.56. The molecule has 0 aromatic rings. The number of rotatable bonds is 3. The van der Waals surface area contributed by atoms with Gasteiger partial charge in [-0.05, 0) is 106 Å². The minimum absolute atomic E-state index is 0.161. The summed E-state index contributed by atoms with van der Waals surface area (Å²) >= 11 is 0. The van der Waals surface area contributed by atoms with Crippen molar-refractivity contribution in [3.63, 3.8) is 0 Å². The lowest BCUT2D eigenvalue weighted by molar-refractivity contribution is -0.144. The Balaban J connectivity index is 1.49. The van der Waals surface area contributed by atoms with E-state index in [2.05, 4.69) is 25.7 Å². The second-order valence-corrected chi connectivity index (χ2v) is 11.7. The highest BCUT2D eigenvalue weighted by molar-refractivity contribution is 5.79. The first-order chi connectivity index (χ1) is 14.1. The van der Waals surface area contributed by atoms with Crippen LogP contribution in [-0.2, 0) is 9.59 Å². The van der Waals surface area contributed by atoms with Crippen LogP contribution in [0.15, 0.2) is 0 Å². The smallest absolute Gasteiger partial charge is 0.133 e. The van der Waals surface area contributed by atoms with Crippen molar-refractivity contribution < 1.29 is 14.7 Å². The number of aliphatic hydroxyl groups is 1. The van der Waals surface area contributed by atoms with E-state index in [-0.39, 0.29) is 17.1 Å². The molecule has 0 aromatic carbocycles. The fourth-order valence-electron chi connectivity index (χ4n) is 8.49. The van der Waals surface area contributed by atoms with Crippen LogP contribution in [-0.4, -0.2) is 22.3 Å². The molecule has 4 saturated carbocycles. The average Bonchev–Trinajstić information content (AvgIpc) is 3.03. The molecule has 0 heterocycles. The first-order valence-electron chi connectivity index (χ1n) is 12.3. The SMILES string of the molecule is CC(=O)CCC#C[C@@]1(O)CC[C@@]2(C)[C@H](CC[C@@H]3[C@@H]2CC[C@]2(C)[C@@H](C(C)=O)CC[C@@H]32)C1. The van der Waals surface area contributed by atoms with Gasteiger partial charge in [0.25, 0.3) is 0 Å². The second-order valence-electron chi connectivity index (χ2n) is 11.7. The van der Waals surface area contributed by atoms with Crippen LogP contribution >= 0.6 is 0 Å². The van der Waals surface area contributed by atoms with E-state index in [0.29, 0.717) is 35.9 Å². The number of ketones is 2. The van der Waals surface area contributed by atoms with Gasteiger partial charge in [-0.3, -0.25) is 9.59 Å². The Morgan fingerprint density at radius 2 is 1.67 bits per heavy atom. The third-order valence-electron chi connectivity index (χ3n) is 10.1. The Morgan fingerprint density at radius 3 is 2.37 bits per heavy atom. The molecular formula is C27H40O3. The Hall–Kier alpha value is -1.14. The topological polar surface area (TPSA) is 54.4 Å². The van der Waals surface area contributed by atoms with Gasteiger partial charge in [0.2, 0.25) is 0 Å². The van der Waals surface area contributed by atoms with Gasteiger partial charge in [0.1, 0.15) is 17.2 Å². The Morgan fingerprint density at radius 1 is 0.933 bits per heavy atom. The maximum absolute atomic E-state index is 12.3. The van der Waals surface area contributed by atoms with Crippen LogP contribution in [0.3, 0.4) is 0 Å². The summed E-state index contributed by atoms with van der Waals surface area (Å²) in [5, 5.41) is 11.2. The molecule has 0 spiro atoms. The van der Waals surface area contributed by atoms with Gasteiger partial charge in [-0.2, -0.15) is 0 Å². The second kappa shape index (κ2) is 7.77. The van der Waals surface area contributed by atoms with Gasteiger partial charge in [0.05, 0.1) is 0 Å². The molecule has 0 aliphatic heterocycles. The molecule has 0 bridgehead atoms. The molecule has 4 aliphatic carbocycles. The number of hydrogen-bond donors (Lipinski definition) is 1. The Labute approximate surface area is 182 Å². The summed E-state index contributed by atoms with van der Waals surface area (Å²) in [6, 6.07) is 0. The van der Waals surface area contributed by atoms with E-state index in [1.54, 1.807) is 6.92 Å². The zero-order valence-corrected chi connectivity index (χ0v) is 19.4. The van der Waals surface area contributed by atoms with Gasteiger partial charge < -0.3 is 5.11 Å². The number of carbonyl (C=O) groups excluding carboxylic acids is 2. The zero-order chi connectivity index (χ0) is 21.7. The summed E-state index contributed by atoms with van der Waals surface area (Å²) in [6.45, 7) is 8.32. The molecule has 1 N–H and O–H groups in total. The van der Waals surface area contributed by atoms with Crippen molar-refractivity contribution >= 4 is 11.6 Å². The molecule has 0 unspecified atom stereocenters. The van der Waals surface area contributed by atoms with Crippen molar-refractivity contribution in [1.82, 2.24) is 0 Å². The minimum Gasteiger partial charge on any atom is -0.378 e. The molecule has 3 heteroatoms. The lowest BCUT2D eigenvalue weighted by atomic mass is 9.44. The molecule has 8 atom stereocenters. The van der Waals surface area contributed by atoms with Crippen LogP contribution in [0.25, 0.3) is 0 Å². The summed E-state index contributed by atoms with van der Waals surface area (Å²) in [7, 11) is 0. The van der Waals surface area contributed by atoms with Crippen molar-refractivity contribution in [1.29, 1.82) is 0 Å². The minimum atomic E-state index is -0.871.